The van der Waals surface area contributed by atoms with Gasteiger partial charge in [-0.25, -0.2) is 0 Å². The van der Waals surface area contributed by atoms with E-state index in [0.717, 1.165) is 11.1 Å². The molecule has 7 heteroatoms. The van der Waals surface area contributed by atoms with Crippen molar-refractivity contribution >= 4 is 11.0 Å². The monoisotopic (exact) mass is 285 g/mol. The van der Waals surface area contributed by atoms with Gasteiger partial charge in [0.05, 0.1) is 17.7 Å². The highest BCUT2D eigenvalue weighted by Crippen LogP contribution is 2.26. The number of aromatic nitrogens is 4. The van der Waals surface area contributed by atoms with Gasteiger partial charge in [0.1, 0.15) is 11.1 Å². The number of hydrogen-bond donors (Lipinski definition) is 1. The summed E-state index contributed by atoms with van der Waals surface area (Å²) < 4.78 is 10.4. The van der Waals surface area contributed by atoms with Crippen LogP contribution in [0, 0.1) is 0 Å². The lowest BCUT2D eigenvalue weighted by molar-refractivity contribution is 0.135. The maximum Gasteiger partial charge on any atom is 0.260 e. The zero-order valence-electron chi connectivity index (χ0n) is 11.8. The molecule has 0 radical (unpaired) electrons. The summed E-state index contributed by atoms with van der Waals surface area (Å²) >= 11 is 0. The summed E-state index contributed by atoms with van der Waals surface area (Å²) in [6, 6.07) is 5.60. The van der Waals surface area contributed by atoms with Crippen molar-refractivity contribution in [3.8, 4) is 11.5 Å². The van der Waals surface area contributed by atoms with E-state index in [1.807, 2.05) is 18.2 Å². The van der Waals surface area contributed by atoms with Crippen LogP contribution in [-0.2, 0) is 10.3 Å². The van der Waals surface area contributed by atoms with Gasteiger partial charge < -0.3 is 15.0 Å². The normalized spacial score (nSPS) is 14.2. The Hall–Kier alpha value is -2.38. The Morgan fingerprint density at radius 2 is 2.10 bits per heavy atom. The van der Waals surface area contributed by atoms with Crippen molar-refractivity contribution in [2.24, 2.45) is 5.73 Å². The second-order valence-electron chi connectivity index (χ2n) is 5.00. The third-order valence-corrected chi connectivity index (χ3v) is 3.11. The minimum atomic E-state index is -0.813. The molecule has 1 atom stereocenters. The Labute approximate surface area is 121 Å². The van der Waals surface area contributed by atoms with E-state index < -0.39 is 5.54 Å². The molecular weight excluding hydrogens is 270 g/mol. The van der Waals surface area contributed by atoms with Gasteiger partial charge >= 0.3 is 0 Å². The molecule has 0 spiro atoms. The molecule has 0 fully saturated rings. The molecule has 7 nitrogen and oxygen atoms in total. The lowest BCUT2D eigenvalue weighted by Crippen LogP contribution is -2.38. The molecule has 3 rings (SSSR count). The van der Waals surface area contributed by atoms with Crippen LogP contribution in [0.2, 0.25) is 0 Å². The van der Waals surface area contributed by atoms with Crippen molar-refractivity contribution in [1.82, 2.24) is 20.1 Å². The van der Waals surface area contributed by atoms with Crippen molar-refractivity contribution in [2.45, 2.75) is 12.5 Å². The van der Waals surface area contributed by atoms with Crippen molar-refractivity contribution in [3.05, 3.63) is 36.4 Å². The average molecular weight is 285 g/mol. The molecule has 108 valence electrons. The fraction of sp³-hybridized carbons (Fsp3) is 0.286. The van der Waals surface area contributed by atoms with Gasteiger partial charge in [-0.3, -0.25) is 9.97 Å². The second-order valence-corrected chi connectivity index (χ2v) is 5.00. The quantitative estimate of drug-likeness (QED) is 0.775. The molecule has 1 unspecified atom stereocenters. The Morgan fingerprint density at radius 1 is 1.29 bits per heavy atom. The zero-order valence-corrected chi connectivity index (χ0v) is 11.8. The Kier molecular flexibility index (Phi) is 3.36. The van der Waals surface area contributed by atoms with Gasteiger partial charge in [0.15, 0.2) is 5.82 Å². The van der Waals surface area contributed by atoms with Gasteiger partial charge in [-0.15, -0.1) is 0 Å². The van der Waals surface area contributed by atoms with Crippen LogP contribution < -0.4 is 5.73 Å². The highest BCUT2D eigenvalue weighted by molar-refractivity contribution is 5.88. The third-order valence-electron chi connectivity index (χ3n) is 3.11. The van der Waals surface area contributed by atoms with Crippen molar-refractivity contribution in [2.75, 3.05) is 13.7 Å². The number of methoxy groups -OCH3 is 1. The summed E-state index contributed by atoms with van der Waals surface area (Å²) in [6.45, 7) is 2.08. The number of nitrogens with zero attached hydrogens (tertiary/aromatic N) is 4. The first-order valence-corrected chi connectivity index (χ1v) is 6.44. The molecule has 0 aliphatic rings. The predicted octanol–water partition coefficient (Wildman–Crippen LogP) is 1.50. The van der Waals surface area contributed by atoms with Crippen LogP contribution in [0.5, 0.6) is 0 Å². The standard InChI is InChI=1S/C14H15N5O2/c1-14(15,8-20-2)13-18-12(21-19-13)9-4-3-5-10-11(9)17-7-6-16-10/h3-7H,8,15H2,1-2H3. The summed E-state index contributed by atoms with van der Waals surface area (Å²) in [6.07, 6.45) is 3.27. The van der Waals surface area contributed by atoms with Crippen molar-refractivity contribution in [3.63, 3.8) is 0 Å². The summed E-state index contributed by atoms with van der Waals surface area (Å²) in [5.74, 6) is 0.754. The lowest BCUT2D eigenvalue weighted by atomic mass is 10.1. The minimum absolute atomic E-state index is 0.293. The van der Waals surface area contributed by atoms with E-state index in [0.29, 0.717) is 23.8 Å². The van der Waals surface area contributed by atoms with E-state index in [-0.39, 0.29) is 0 Å². The Balaban J connectivity index is 2.07. The van der Waals surface area contributed by atoms with Gasteiger partial charge in [-0.05, 0) is 19.1 Å². The average Bonchev–Trinajstić information content (AvgIpc) is 2.97. The summed E-state index contributed by atoms with van der Waals surface area (Å²) in [5.41, 5.74) is 7.51. The number of rotatable bonds is 4. The van der Waals surface area contributed by atoms with E-state index in [4.69, 9.17) is 15.0 Å². The summed E-state index contributed by atoms with van der Waals surface area (Å²) in [5, 5.41) is 3.95. The topological polar surface area (TPSA) is 100.0 Å². The number of fused-ring (bicyclic) bond motifs is 1. The maximum atomic E-state index is 6.11. The predicted molar refractivity (Wildman–Crippen MR) is 76.2 cm³/mol. The maximum absolute atomic E-state index is 6.11. The smallest absolute Gasteiger partial charge is 0.260 e. The molecule has 2 aromatic heterocycles. The summed E-state index contributed by atoms with van der Waals surface area (Å²) in [4.78, 5) is 12.9. The molecule has 21 heavy (non-hydrogen) atoms. The molecule has 2 heterocycles. The first kappa shape index (κ1) is 13.6. The van der Waals surface area contributed by atoms with E-state index in [1.165, 1.54) is 0 Å². The van der Waals surface area contributed by atoms with Crippen LogP contribution in [0.15, 0.2) is 35.1 Å². The molecule has 0 amide bonds. The number of para-hydroxylation sites is 1. The van der Waals surface area contributed by atoms with E-state index in [2.05, 4.69) is 20.1 Å². The van der Waals surface area contributed by atoms with Crippen LogP contribution in [0.4, 0.5) is 0 Å². The SMILES string of the molecule is COCC(C)(N)c1noc(-c2cccc3nccnc23)n1. The zero-order chi connectivity index (χ0) is 14.9. The van der Waals surface area contributed by atoms with Gasteiger partial charge in [0, 0.05) is 19.5 Å². The van der Waals surface area contributed by atoms with E-state index in [1.54, 1.807) is 26.4 Å². The van der Waals surface area contributed by atoms with Crippen LogP contribution in [0.1, 0.15) is 12.7 Å². The number of nitrogens with two attached hydrogens (primary N) is 1. The summed E-state index contributed by atoms with van der Waals surface area (Å²) in [7, 11) is 1.58. The highest BCUT2D eigenvalue weighted by Gasteiger charge is 2.28. The molecule has 0 bridgehead atoms. The van der Waals surface area contributed by atoms with Crippen LogP contribution in [0.3, 0.4) is 0 Å². The molecule has 0 saturated carbocycles. The third kappa shape index (κ3) is 2.48. The van der Waals surface area contributed by atoms with Gasteiger partial charge in [-0.1, -0.05) is 11.2 Å². The molecule has 1 aromatic carbocycles. The fourth-order valence-electron chi connectivity index (χ4n) is 2.09. The number of hydrogen-bond acceptors (Lipinski definition) is 7. The van der Waals surface area contributed by atoms with E-state index in [9.17, 15) is 0 Å². The fourth-order valence-corrected chi connectivity index (χ4v) is 2.09. The molecule has 0 aliphatic carbocycles. The lowest BCUT2D eigenvalue weighted by Gasteiger charge is -2.18. The molecule has 2 N–H and O–H groups in total. The van der Waals surface area contributed by atoms with Crippen molar-refractivity contribution in [1.29, 1.82) is 0 Å². The van der Waals surface area contributed by atoms with Crippen molar-refractivity contribution < 1.29 is 9.26 Å². The Bertz CT molecular complexity index is 763. The van der Waals surface area contributed by atoms with E-state index >= 15 is 0 Å². The minimum Gasteiger partial charge on any atom is -0.382 e. The van der Waals surface area contributed by atoms with Gasteiger partial charge in [0.25, 0.3) is 5.89 Å². The molecule has 0 aliphatic heterocycles. The van der Waals surface area contributed by atoms with Crippen LogP contribution in [-0.4, -0.2) is 33.8 Å². The first-order valence-electron chi connectivity index (χ1n) is 6.44. The van der Waals surface area contributed by atoms with Crippen LogP contribution >= 0.6 is 0 Å². The number of ether oxygens (including phenoxy) is 1. The first-order chi connectivity index (χ1) is 10.1. The number of benzene rings is 1. The largest absolute Gasteiger partial charge is 0.382 e. The van der Waals surface area contributed by atoms with Crippen LogP contribution in [0.25, 0.3) is 22.5 Å². The van der Waals surface area contributed by atoms with Gasteiger partial charge in [0.2, 0.25) is 0 Å². The Morgan fingerprint density at radius 3 is 2.90 bits per heavy atom. The molecule has 0 saturated heterocycles. The molecule has 3 aromatic rings. The van der Waals surface area contributed by atoms with Gasteiger partial charge in [-0.2, -0.15) is 4.98 Å². The molecular formula is C14H15N5O2. The highest BCUT2D eigenvalue weighted by atomic mass is 16.5. The second kappa shape index (κ2) is 5.19.